The van der Waals surface area contributed by atoms with E-state index in [0.717, 1.165) is 55.6 Å². The Morgan fingerprint density at radius 3 is 0.846 bits per heavy atom. The Kier molecular flexibility index (Phi) is 7.80. The largest absolute Gasteiger partial charge is 0.508 e. The fraction of sp³-hybridized carbons (Fsp3) is 0.0909. The van der Waals surface area contributed by atoms with E-state index in [1.165, 1.54) is 0 Å². The van der Waals surface area contributed by atoms with Crippen LogP contribution in [0.5, 0.6) is 23.0 Å². The van der Waals surface area contributed by atoms with Crippen molar-refractivity contribution in [3.8, 4) is 79.2 Å². The van der Waals surface area contributed by atoms with Crippen LogP contribution >= 0.6 is 0 Å². The molecular weight excluding hydrogens is 649 g/mol. The predicted octanol–water partition coefficient (Wildman–Crippen LogP) is 9.96. The van der Waals surface area contributed by atoms with E-state index in [9.17, 15) is 20.4 Å². The van der Waals surface area contributed by atoms with Gasteiger partial charge < -0.3 is 20.4 Å². The molecule has 4 N–H and O–H groups in total. The first-order valence-electron chi connectivity index (χ1n) is 16.9. The first-order chi connectivity index (χ1) is 25.0. The smallest absolute Gasteiger partial charge is 0.115 e. The molecule has 52 heavy (non-hydrogen) atoms. The summed E-state index contributed by atoms with van der Waals surface area (Å²) in [5, 5.41) is 40.6. The fourth-order valence-corrected chi connectivity index (χ4v) is 6.87. The number of phenols is 4. The quantitative estimate of drug-likeness (QED) is 0.141. The summed E-state index contributed by atoms with van der Waals surface area (Å²) < 4.78 is 0. The standard InChI is InChI=1S/C44H34N4O4/c1-23-17-29(49)7-11-33(23)41-43(35-13-9-31(51)19-25(35)3)47-39-21-27(5-15-37(39)45-41)28-6-16-38-40(22-28)48-44(36-14-10-32(52)20-26(36)4)42(46-38)34-12-8-30(50)18-24(34)2/h5-22,49-52H,1-4H3. The van der Waals surface area contributed by atoms with E-state index in [0.29, 0.717) is 44.8 Å². The number of rotatable bonds is 5. The van der Waals surface area contributed by atoms with Gasteiger partial charge in [0.25, 0.3) is 0 Å². The van der Waals surface area contributed by atoms with E-state index in [2.05, 4.69) is 0 Å². The molecule has 0 aliphatic heterocycles. The Morgan fingerprint density at radius 2 is 0.577 bits per heavy atom. The molecule has 2 aromatic heterocycles. The average molecular weight is 683 g/mol. The molecule has 0 aliphatic carbocycles. The number of hydrogen-bond acceptors (Lipinski definition) is 8. The molecule has 2 heterocycles. The van der Waals surface area contributed by atoms with Crippen molar-refractivity contribution in [1.82, 2.24) is 19.9 Å². The van der Waals surface area contributed by atoms with E-state index < -0.39 is 0 Å². The molecular formula is C44H34N4O4. The number of nitrogens with zero attached hydrogens (tertiary/aromatic N) is 4. The molecule has 0 aliphatic rings. The molecule has 0 amide bonds. The fourth-order valence-electron chi connectivity index (χ4n) is 6.87. The lowest BCUT2D eigenvalue weighted by Crippen LogP contribution is -1.99. The Morgan fingerprint density at radius 1 is 0.308 bits per heavy atom. The molecule has 0 bridgehead atoms. The number of aryl methyl sites for hydroxylation is 4. The van der Waals surface area contributed by atoms with Crippen molar-refractivity contribution in [3.05, 3.63) is 131 Å². The van der Waals surface area contributed by atoms with Gasteiger partial charge in [-0.05, 0) is 158 Å². The zero-order valence-electron chi connectivity index (χ0n) is 29.0. The summed E-state index contributed by atoms with van der Waals surface area (Å²) in [6.07, 6.45) is 0. The zero-order valence-corrected chi connectivity index (χ0v) is 29.0. The van der Waals surface area contributed by atoms with Gasteiger partial charge >= 0.3 is 0 Å². The third kappa shape index (κ3) is 5.80. The van der Waals surface area contributed by atoms with Crippen LogP contribution in [0.2, 0.25) is 0 Å². The van der Waals surface area contributed by atoms with Crippen LogP contribution in [0.15, 0.2) is 109 Å². The number of phenolic OH excluding ortho intramolecular Hbond substituents is 4. The van der Waals surface area contributed by atoms with Crippen molar-refractivity contribution in [2.75, 3.05) is 0 Å². The highest BCUT2D eigenvalue weighted by molar-refractivity contribution is 5.93. The van der Waals surface area contributed by atoms with Gasteiger partial charge in [0.1, 0.15) is 23.0 Å². The predicted molar refractivity (Wildman–Crippen MR) is 205 cm³/mol. The van der Waals surface area contributed by atoms with Gasteiger partial charge in [-0.2, -0.15) is 0 Å². The SMILES string of the molecule is Cc1cc(O)ccc1-c1nc2ccc(-c3ccc4nc(-c5ccc(O)cc5C)c(-c5ccc(O)cc5C)nc4c3)cc2nc1-c1ccc(O)cc1C. The molecule has 254 valence electrons. The van der Waals surface area contributed by atoms with Crippen LogP contribution in [0, 0.1) is 27.7 Å². The highest BCUT2D eigenvalue weighted by atomic mass is 16.3. The summed E-state index contributed by atoms with van der Waals surface area (Å²) >= 11 is 0. The highest BCUT2D eigenvalue weighted by Gasteiger charge is 2.20. The lowest BCUT2D eigenvalue weighted by molar-refractivity contribution is 0.474. The van der Waals surface area contributed by atoms with Crippen LogP contribution in [-0.4, -0.2) is 40.4 Å². The van der Waals surface area contributed by atoms with Gasteiger partial charge in [-0.25, -0.2) is 19.9 Å². The lowest BCUT2D eigenvalue weighted by Gasteiger charge is -2.16. The maximum absolute atomic E-state index is 10.2. The van der Waals surface area contributed by atoms with Crippen molar-refractivity contribution in [1.29, 1.82) is 0 Å². The second-order valence-electron chi connectivity index (χ2n) is 13.2. The summed E-state index contributed by atoms with van der Waals surface area (Å²) in [7, 11) is 0. The molecule has 0 spiro atoms. The second kappa shape index (κ2) is 12.5. The Bertz CT molecular complexity index is 2550. The number of aromatic hydroxyl groups is 4. The van der Waals surface area contributed by atoms with Crippen LogP contribution in [0.1, 0.15) is 22.3 Å². The number of hydrogen-bond donors (Lipinski definition) is 4. The first-order valence-corrected chi connectivity index (χ1v) is 16.9. The second-order valence-corrected chi connectivity index (χ2v) is 13.2. The van der Waals surface area contributed by atoms with Crippen LogP contribution < -0.4 is 0 Å². The normalized spacial score (nSPS) is 11.4. The minimum atomic E-state index is 0.174. The van der Waals surface area contributed by atoms with E-state index in [4.69, 9.17) is 19.9 Å². The summed E-state index contributed by atoms with van der Waals surface area (Å²) in [6.45, 7) is 7.74. The molecule has 0 radical (unpaired) electrons. The van der Waals surface area contributed by atoms with E-state index >= 15 is 0 Å². The summed E-state index contributed by atoms with van der Waals surface area (Å²) in [5.41, 5.74) is 14.2. The minimum absolute atomic E-state index is 0.174. The van der Waals surface area contributed by atoms with Gasteiger partial charge in [0.15, 0.2) is 0 Å². The summed E-state index contributed by atoms with van der Waals surface area (Å²) in [6, 6.07) is 32.9. The third-order valence-corrected chi connectivity index (χ3v) is 9.52. The Balaban J connectivity index is 1.30. The number of aromatic nitrogens is 4. The lowest BCUT2D eigenvalue weighted by atomic mass is 9.96. The van der Waals surface area contributed by atoms with Gasteiger partial charge in [0.05, 0.1) is 44.8 Å². The van der Waals surface area contributed by atoms with E-state index in [1.807, 2.05) is 88.4 Å². The molecule has 8 aromatic rings. The molecule has 0 fully saturated rings. The van der Waals surface area contributed by atoms with Crippen molar-refractivity contribution < 1.29 is 20.4 Å². The molecule has 0 saturated carbocycles. The van der Waals surface area contributed by atoms with Crippen molar-refractivity contribution in [2.45, 2.75) is 27.7 Å². The zero-order chi connectivity index (χ0) is 36.3. The van der Waals surface area contributed by atoms with Crippen LogP contribution in [0.25, 0.3) is 78.2 Å². The van der Waals surface area contributed by atoms with Crippen molar-refractivity contribution in [3.63, 3.8) is 0 Å². The average Bonchev–Trinajstić information content (AvgIpc) is 3.10. The van der Waals surface area contributed by atoms with Crippen molar-refractivity contribution in [2.24, 2.45) is 0 Å². The molecule has 6 aromatic carbocycles. The summed E-state index contributed by atoms with van der Waals surface area (Å²) in [5.74, 6) is 0.708. The number of benzene rings is 6. The van der Waals surface area contributed by atoms with Gasteiger partial charge in [0.2, 0.25) is 0 Å². The molecule has 0 unspecified atom stereocenters. The van der Waals surface area contributed by atoms with Gasteiger partial charge in [-0.1, -0.05) is 12.1 Å². The summed E-state index contributed by atoms with van der Waals surface area (Å²) in [4.78, 5) is 20.6. The Hall–Kier alpha value is -6.80. The molecule has 8 rings (SSSR count). The van der Waals surface area contributed by atoms with Crippen LogP contribution in [-0.2, 0) is 0 Å². The molecule has 8 nitrogen and oxygen atoms in total. The third-order valence-electron chi connectivity index (χ3n) is 9.52. The number of fused-ring (bicyclic) bond motifs is 2. The van der Waals surface area contributed by atoms with Crippen LogP contribution in [0.3, 0.4) is 0 Å². The first kappa shape index (κ1) is 32.4. The minimum Gasteiger partial charge on any atom is -0.508 e. The van der Waals surface area contributed by atoms with Crippen LogP contribution in [0.4, 0.5) is 0 Å². The monoisotopic (exact) mass is 682 g/mol. The molecule has 8 heteroatoms. The van der Waals surface area contributed by atoms with Gasteiger partial charge in [-0.15, -0.1) is 0 Å². The maximum Gasteiger partial charge on any atom is 0.115 e. The van der Waals surface area contributed by atoms with Gasteiger partial charge in [0, 0.05) is 22.3 Å². The van der Waals surface area contributed by atoms with Crippen molar-refractivity contribution >= 4 is 22.1 Å². The topological polar surface area (TPSA) is 132 Å². The van der Waals surface area contributed by atoms with E-state index in [1.54, 1.807) is 48.5 Å². The highest BCUT2D eigenvalue weighted by Crippen LogP contribution is 2.39. The van der Waals surface area contributed by atoms with Gasteiger partial charge in [-0.3, -0.25) is 0 Å². The Labute approximate surface area is 300 Å². The maximum atomic E-state index is 10.2. The van der Waals surface area contributed by atoms with E-state index in [-0.39, 0.29) is 23.0 Å². The molecule has 0 saturated heterocycles. The molecule has 0 atom stereocenters.